The van der Waals surface area contributed by atoms with Gasteiger partial charge in [0.1, 0.15) is 12.1 Å². The normalized spacial score (nSPS) is 18.2. The summed E-state index contributed by atoms with van der Waals surface area (Å²) in [5.74, 6) is 1.11. The number of hydrogen-bond donors (Lipinski definition) is 0. The number of hydrogen-bond acceptors (Lipinski definition) is 5. The molecule has 102 valence electrons. The van der Waals surface area contributed by atoms with Crippen molar-refractivity contribution in [3.63, 3.8) is 0 Å². The van der Waals surface area contributed by atoms with Gasteiger partial charge in [-0.2, -0.15) is 0 Å². The number of thiophene rings is 1. The highest BCUT2D eigenvalue weighted by molar-refractivity contribution is 7.17. The van der Waals surface area contributed by atoms with Crippen LogP contribution in [0.15, 0.2) is 17.8 Å². The topological polar surface area (TPSA) is 32.3 Å². The third kappa shape index (κ3) is 2.44. The molecule has 0 saturated carbocycles. The van der Waals surface area contributed by atoms with Crippen molar-refractivity contribution in [1.82, 2.24) is 14.9 Å². The van der Waals surface area contributed by atoms with E-state index in [0.717, 1.165) is 37.5 Å². The van der Waals surface area contributed by atoms with Crippen LogP contribution in [0.3, 0.4) is 0 Å². The van der Waals surface area contributed by atoms with E-state index in [1.807, 2.05) is 0 Å². The van der Waals surface area contributed by atoms with Crippen LogP contribution in [0.4, 0.5) is 5.82 Å². The summed E-state index contributed by atoms with van der Waals surface area (Å²) in [6.45, 7) is 11.1. The van der Waals surface area contributed by atoms with Gasteiger partial charge in [0.25, 0.3) is 0 Å². The van der Waals surface area contributed by atoms with Crippen molar-refractivity contribution in [1.29, 1.82) is 0 Å². The first-order valence-corrected chi connectivity index (χ1v) is 7.62. The standard InChI is InChI=1S/C14H20N4S/c1-14(2,3)18-7-5-17(6-8-18)13-12-11(4-9-19-12)15-10-16-13/h4,9-10H,5-8H2,1-3H3. The quantitative estimate of drug-likeness (QED) is 0.801. The maximum Gasteiger partial charge on any atom is 0.150 e. The van der Waals surface area contributed by atoms with E-state index in [2.05, 4.69) is 52.0 Å². The molecule has 19 heavy (non-hydrogen) atoms. The van der Waals surface area contributed by atoms with E-state index in [1.54, 1.807) is 17.7 Å². The Morgan fingerprint density at radius 3 is 2.53 bits per heavy atom. The predicted molar refractivity (Wildman–Crippen MR) is 81.0 cm³/mol. The molecule has 2 aromatic heterocycles. The molecule has 0 amide bonds. The molecule has 1 fully saturated rings. The SMILES string of the molecule is CC(C)(C)N1CCN(c2ncnc3ccsc23)CC1. The molecule has 5 heteroatoms. The van der Waals surface area contributed by atoms with Crippen molar-refractivity contribution in [2.24, 2.45) is 0 Å². The molecule has 2 aromatic rings. The van der Waals surface area contributed by atoms with Gasteiger partial charge in [0.15, 0.2) is 0 Å². The van der Waals surface area contributed by atoms with Crippen molar-refractivity contribution in [2.75, 3.05) is 31.1 Å². The van der Waals surface area contributed by atoms with Gasteiger partial charge < -0.3 is 4.90 Å². The summed E-state index contributed by atoms with van der Waals surface area (Å²) in [6.07, 6.45) is 1.68. The predicted octanol–water partition coefficient (Wildman–Crippen LogP) is 2.61. The summed E-state index contributed by atoms with van der Waals surface area (Å²) in [5, 5.41) is 2.09. The zero-order valence-electron chi connectivity index (χ0n) is 11.8. The van der Waals surface area contributed by atoms with Crippen LogP contribution < -0.4 is 4.90 Å². The number of rotatable bonds is 1. The molecule has 0 atom stereocenters. The van der Waals surface area contributed by atoms with Crippen molar-refractivity contribution < 1.29 is 0 Å². The monoisotopic (exact) mass is 276 g/mol. The van der Waals surface area contributed by atoms with Gasteiger partial charge in [-0.3, -0.25) is 4.90 Å². The molecule has 3 heterocycles. The molecule has 0 aliphatic carbocycles. The molecule has 0 radical (unpaired) electrons. The highest BCUT2D eigenvalue weighted by Crippen LogP contribution is 2.29. The average molecular weight is 276 g/mol. The zero-order chi connectivity index (χ0) is 13.5. The first-order valence-electron chi connectivity index (χ1n) is 6.74. The Morgan fingerprint density at radius 2 is 1.84 bits per heavy atom. The van der Waals surface area contributed by atoms with Crippen molar-refractivity contribution in [2.45, 2.75) is 26.3 Å². The molecule has 0 spiro atoms. The van der Waals surface area contributed by atoms with Crippen LogP contribution in [-0.4, -0.2) is 46.6 Å². The number of piperazine rings is 1. The maximum absolute atomic E-state index is 4.50. The van der Waals surface area contributed by atoms with Gasteiger partial charge >= 0.3 is 0 Å². The molecule has 3 rings (SSSR count). The lowest BCUT2D eigenvalue weighted by molar-refractivity contribution is 0.128. The van der Waals surface area contributed by atoms with Gasteiger partial charge in [0.2, 0.25) is 0 Å². The zero-order valence-corrected chi connectivity index (χ0v) is 12.6. The van der Waals surface area contributed by atoms with E-state index >= 15 is 0 Å². The Bertz CT molecular complexity index is 564. The molecule has 1 aliphatic heterocycles. The van der Waals surface area contributed by atoms with Crippen LogP contribution in [0.25, 0.3) is 10.2 Å². The summed E-state index contributed by atoms with van der Waals surface area (Å²) >= 11 is 1.73. The second kappa shape index (κ2) is 4.72. The maximum atomic E-state index is 4.50. The highest BCUT2D eigenvalue weighted by atomic mass is 32.1. The van der Waals surface area contributed by atoms with Gasteiger partial charge in [0.05, 0.1) is 10.2 Å². The number of nitrogens with zero attached hydrogens (tertiary/aromatic N) is 4. The fraction of sp³-hybridized carbons (Fsp3) is 0.571. The fourth-order valence-electron chi connectivity index (χ4n) is 2.59. The third-order valence-corrected chi connectivity index (χ3v) is 4.65. The van der Waals surface area contributed by atoms with E-state index in [1.165, 1.54) is 4.70 Å². The summed E-state index contributed by atoms with van der Waals surface area (Å²) in [7, 11) is 0. The van der Waals surface area contributed by atoms with Crippen LogP contribution >= 0.6 is 11.3 Å². The van der Waals surface area contributed by atoms with E-state index in [0.29, 0.717) is 0 Å². The minimum absolute atomic E-state index is 0.260. The molecule has 1 saturated heterocycles. The lowest BCUT2D eigenvalue weighted by Gasteiger charge is -2.42. The fourth-order valence-corrected chi connectivity index (χ4v) is 3.45. The molecular formula is C14H20N4S. The second-order valence-corrected chi connectivity index (χ2v) is 6.89. The van der Waals surface area contributed by atoms with Crippen LogP contribution in [0.5, 0.6) is 0 Å². The van der Waals surface area contributed by atoms with Crippen LogP contribution in [0.2, 0.25) is 0 Å². The minimum atomic E-state index is 0.260. The van der Waals surface area contributed by atoms with Gasteiger partial charge in [-0.05, 0) is 32.2 Å². The van der Waals surface area contributed by atoms with Crippen molar-refractivity contribution >= 4 is 27.4 Å². The van der Waals surface area contributed by atoms with Crippen molar-refractivity contribution in [3.8, 4) is 0 Å². The van der Waals surface area contributed by atoms with E-state index < -0.39 is 0 Å². The van der Waals surface area contributed by atoms with Crippen LogP contribution in [0.1, 0.15) is 20.8 Å². The largest absolute Gasteiger partial charge is 0.353 e. The molecular weight excluding hydrogens is 256 g/mol. The molecule has 0 unspecified atom stereocenters. The second-order valence-electron chi connectivity index (χ2n) is 5.98. The van der Waals surface area contributed by atoms with Crippen LogP contribution in [-0.2, 0) is 0 Å². The van der Waals surface area contributed by atoms with Gasteiger partial charge in [-0.1, -0.05) is 0 Å². The number of fused-ring (bicyclic) bond motifs is 1. The van der Waals surface area contributed by atoms with E-state index in [4.69, 9.17) is 0 Å². The third-order valence-electron chi connectivity index (χ3n) is 3.75. The summed E-state index contributed by atoms with van der Waals surface area (Å²) in [6, 6.07) is 2.07. The molecule has 0 aromatic carbocycles. The summed E-state index contributed by atoms with van der Waals surface area (Å²) < 4.78 is 1.21. The van der Waals surface area contributed by atoms with E-state index in [9.17, 15) is 0 Å². The summed E-state index contributed by atoms with van der Waals surface area (Å²) in [4.78, 5) is 13.7. The molecule has 0 N–H and O–H groups in total. The van der Waals surface area contributed by atoms with Gasteiger partial charge in [-0.15, -0.1) is 11.3 Å². The van der Waals surface area contributed by atoms with Crippen molar-refractivity contribution in [3.05, 3.63) is 17.8 Å². The van der Waals surface area contributed by atoms with Crippen LogP contribution in [0, 0.1) is 0 Å². The smallest absolute Gasteiger partial charge is 0.150 e. The number of anilines is 1. The Labute approximate surface area is 118 Å². The number of aromatic nitrogens is 2. The Hall–Kier alpha value is -1.20. The Kier molecular flexibility index (Phi) is 3.19. The van der Waals surface area contributed by atoms with Gasteiger partial charge in [-0.25, -0.2) is 9.97 Å². The first-order chi connectivity index (χ1) is 9.05. The van der Waals surface area contributed by atoms with Gasteiger partial charge in [0, 0.05) is 31.7 Å². The lowest BCUT2D eigenvalue weighted by atomic mass is 10.1. The lowest BCUT2D eigenvalue weighted by Crippen LogP contribution is -2.53. The highest BCUT2D eigenvalue weighted by Gasteiger charge is 2.27. The Balaban J connectivity index is 1.80. The molecule has 4 nitrogen and oxygen atoms in total. The molecule has 0 bridgehead atoms. The minimum Gasteiger partial charge on any atom is -0.353 e. The van der Waals surface area contributed by atoms with E-state index in [-0.39, 0.29) is 5.54 Å². The Morgan fingerprint density at radius 1 is 1.11 bits per heavy atom. The first kappa shape index (κ1) is 12.8. The average Bonchev–Trinajstić information content (AvgIpc) is 2.86. The summed E-state index contributed by atoms with van der Waals surface area (Å²) in [5.41, 5.74) is 1.32. The molecule has 1 aliphatic rings.